The number of guanidine groups is 1. The minimum atomic E-state index is -0.0873. The lowest BCUT2D eigenvalue weighted by Crippen LogP contribution is -2.29. The van der Waals surface area contributed by atoms with Crippen LogP contribution in [-0.2, 0) is 0 Å². The summed E-state index contributed by atoms with van der Waals surface area (Å²) in [6.07, 6.45) is 0.933. The number of aliphatic imine (C=N–C) groups is 1. The molecule has 0 fully saturated rings. The third-order valence-corrected chi connectivity index (χ3v) is 3.22. The van der Waals surface area contributed by atoms with Gasteiger partial charge in [0, 0.05) is 0 Å². The van der Waals surface area contributed by atoms with Gasteiger partial charge in [-0.1, -0.05) is 13.8 Å². The molecule has 1 aliphatic rings. The van der Waals surface area contributed by atoms with Crippen LogP contribution in [0.5, 0.6) is 0 Å². The molecule has 18 heavy (non-hydrogen) atoms. The molecule has 7 heteroatoms. The van der Waals surface area contributed by atoms with Gasteiger partial charge in [0.25, 0.3) is 0 Å². The molecule has 1 aliphatic heterocycles. The van der Waals surface area contributed by atoms with E-state index < -0.39 is 0 Å². The normalized spacial score (nSPS) is 20.9. The average molecular weight is 252 g/mol. The molecule has 0 aliphatic carbocycles. The topological polar surface area (TPSA) is 92.6 Å². The number of nitrogens with two attached hydrogens (primary N) is 1. The smallest absolute Gasteiger partial charge is 0.240 e. The van der Waals surface area contributed by atoms with Crippen molar-refractivity contribution >= 4 is 5.96 Å². The van der Waals surface area contributed by atoms with E-state index in [0.29, 0.717) is 24.3 Å². The van der Waals surface area contributed by atoms with Crippen molar-refractivity contribution < 1.29 is 4.42 Å². The summed E-state index contributed by atoms with van der Waals surface area (Å²) in [4.78, 5) is 6.25. The summed E-state index contributed by atoms with van der Waals surface area (Å²) in [6.45, 7) is 5.70. The van der Waals surface area contributed by atoms with E-state index in [4.69, 9.17) is 10.2 Å². The van der Waals surface area contributed by atoms with Crippen LogP contribution in [0.2, 0.25) is 0 Å². The molecular weight excluding hydrogens is 232 g/mol. The van der Waals surface area contributed by atoms with Gasteiger partial charge < -0.3 is 15.5 Å². The Morgan fingerprint density at radius 1 is 1.50 bits per heavy atom. The van der Waals surface area contributed by atoms with Gasteiger partial charge in [0.2, 0.25) is 11.8 Å². The number of hydrogen-bond donors (Lipinski definition) is 2. The first-order chi connectivity index (χ1) is 8.65. The second-order valence-electron chi connectivity index (χ2n) is 4.40. The summed E-state index contributed by atoms with van der Waals surface area (Å²) in [6, 6.07) is 0.0756. The van der Waals surface area contributed by atoms with Crippen molar-refractivity contribution in [2.24, 2.45) is 10.7 Å². The molecule has 0 bridgehead atoms. The second-order valence-corrected chi connectivity index (χ2v) is 4.40. The molecule has 1 aromatic rings. The van der Waals surface area contributed by atoms with Gasteiger partial charge in [-0.3, -0.25) is 9.89 Å². The first-order valence-electron chi connectivity index (χ1n) is 6.25. The molecular formula is C11H20N6O. The highest BCUT2D eigenvalue weighted by molar-refractivity contribution is 5.79. The maximum absolute atomic E-state index is 5.74. The van der Waals surface area contributed by atoms with E-state index in [1.807, 2.05) is 7.05 Å². The maximum atomic E-state index is 5.74. The van der Waals surface area contributed by atoms with Gasteiger partial charge >= 0.3 is 0 Å². The van der Waals surface area contributed by atoms with Crippen LogP contribution in [0.1, 0.15) is 44.1 Å². The van der Waals surface area contributed by atoms with Crippen molar-refractivity contribution in [3.05, 3.63) is 11.8 Å². The van der Waals surface area contributed by atoms with Gasteiger partial charge in [0.15, 0.2) is 5.96 Å². The van der Waals surface area contributed by atoms with E-state index in [2.05, 4.69) is 39.3 Å². The largest absolute Gasteiger partial charge is 0.421 e. The van der Waals surface area contributed by atoms with Crippen LogP contribution in [0.3, 0.4) is 0 Å². The summed E-state index contributed by atoms with van der Waals surface area (Å²) in [5.41, 5.74) is 5.57. The Bertz CT molecular complexity index is 429. The number of nitrogens with zero attached hydrogens (tertiary/aromatic N) is 4. The van der Waals surface area contributed by atoms with E-state index >= 15 is 0 Å². The molecule has 2 rings (SSSR count). The van der Waals surface area contributed by atoms with Gasteiger partial charge in [-0.2, -0.15) is 0 Å². The van der Waals surface area contributed by atoms with E-state index in [1.54, 1.807) is 0 Å². The lowest BCUT2D eigenvalue weighted by atomic mass is 10.2. The number of rotatable bonds is 5. The van der Waals surface area contributed by atoms with Crippen LogP contribution >= 0.6 is 0 Å². The van der Waals surface area contributed by atoms with E-state index in [-0.39, 0.29) is 12.1 Å². The van der Waals surface area contributed by atoms with Gasteiger partial charge in [0.05, 0.1) is 12.6 Å². The van der Waals surface area contributed by atoms with Gasteiger partial charge in [-0.15, -0.1) is 10.2 Å². The number of aromatic nitrogens is 2. The van der Waals surface area contributed by atoms with Crippen molar-refractivity contribution in [1.82, 2.24) is 20.4 Å². The van der Waals surface area contributed by atoms with Crippen molar-refractivity contribution in [1.29, 1.82) is 0 Å². The molecule has 0 radical (unpaired) electrons. The number of nitrogens with one attached hydrogen (secondary N) is 1. The molecule has 1 aromatic heterocycles. The molecule has 0 aromatic carbocycles. The Labute approximate surface area is 106 Å². The van der Waals surface area contributed by atoms with Crippen molar-refractivity contribution in [3.63, 3.8) is 0 Å². The van der Waals surface area contributed by atoms with Gasteiger partial charge in [0.1, 0.15) is 6.04 Å². The van der Waals surface area contributed by atoms with Gasteiger partial charge in [-0.25, -0.2) is 0 Å². The highest BCUT2D eigenvalue weighted by atomic mass is 16.4. The Balaban J connectivity index is 2.10. The van der Waals surface area contributed by atoms with Crippen LogP contribution in [-0.4, -0.2) is 41.2 Å². The summed E-state index contributed by atoms with van der Waals surface area (Å²) in [5.74, 6) is 1.64. The molecule has 7 nitrogen and oxygen atoms in total. The van der Waals surface area contributed by atoms with Crippen LogP contribution in [0, 0.1) is 0 Å². The third kappa shape index (κ3) is 2.45. The van der Waals surface area contributed by atoms with Crippen molar-refractivity contribution in [3.8, 4) is 0 Å². The average Bonchev–Trinajstić information content (AvgIpc) is 2.98. The molecule has 0 amide bonds. The first kappa shape index (κ1) is 12.8. The SMILES string of the molecule is CCC(c1nnc(C2CN=C(N)N2)o1)N(C)CC. The first-order valence-corrected chi connectivity index (χ1v) is 6.25. The lowest BCUT2D eigenvalue weighted by Gasteiger charge is -2.22. The second kappa shape index (κ2) is 5.34. The van der Waals surface area contributed by atoms with Crippen LogP contribution < -0.4 is 11.1 Å². The van der Waals surface area contributed by atoms with Gasteiger partial charge in [-0.05, 0) is 20.0 Å². The summed E-state index contributed by atoms with van der Waals surface area (Å²) in [7, 11) is 2.05. The summed E-state index contributed by atoms with van der Waals surface area (Å²) >= 11 is 0. The fourth-order valence-corrected chi connectivity index (χ4v) is 2.02. The molecule has 0 spiro atoms. The minimum Gasteiger partial charge on any atom is -0.421 e. The van der Waals surface area contributed by atoms with E-state index in [0.717, 1.165) is 13.0 Å². The fourth-order valence-electron chi connectivity index (χ4n) is 2.02. The highest BCUT2D eigenvalue weighted by Crippen LogP contribution is 2.24. The predicted molar refractivity (Wildman–Crippen MR) is 68.0 cm³/mol. The Kier molecular flexibility index (Phi) is 3.81. The molecule has 3 N–H and O–H groups in total. The molecule has 0 saturated carbocycles. The lowest BCUT2D eigenvalue weighted by molar-refractivity contribution is 0.208. The minimum absolute atomic E-state index is 0.0873. The molecule has 2 heterocycles. The highest BCUT2D eigenvalue weighted by Gasteiger charge is 2.26. The van der Waals surface area contributed by atoms with Crippen LogP contribution in [0.4, 0.5) is 0 Å². The van der Waals surface area contributed by atoms with Crippen LogP contribution in [0.25, 0.3) is 0 Å². The third-order valence-electron chi connectivity index (χ3n) is 3.22. The van der Waals surface area contributed by atoms with Crippen molar-refractivity contribution in [2.75, 3.05) is 20.1 Å². The predicted octanol–water partition coefficient (Wildman–Crippen LogP) is 0.431. The standard InChI is InChI=1S/C11H20N6O/c1-4-8(17(3)5-2)10-16-15-9(18-10)7-6-13-11(12)14-7/h7-8H,4-6H2,1-3H3,(H3,12,13,14). The zero-order chi connectivity index (χ0) is 13.1. The Morgan fingerprint density at radius 3 is 2.83 bits per heavy atom. The van der Waals surface area contributed by atoms with Crippen LogP contribution in [0.15, 0.2) is 9.41 Å². The Hall–Kier alpha value is -1.63. The maximum Gasteiger partial charge on any atom is 0.240 e. The monoisotopic (exact) mass is 252 g/mol. The quantitative estimate of drug-likeness (QED) is 0.789. The zero-order valence-corrected chi connectivity index (χ0v) is 11.1. The Morgan fingerprint density at radius 2 is 2.28 bits per heavy atom. The molecule has 2 atom stereocenters. The summed E-state index contributed by atoms with van der Waals surface area (Å²) in [5, 5.41) is 11.2. The van der Waals surface area contributed by atoms with E-state index in [1.165, 1.54) is 0 Å². The zero-order valence-electron chi connectivity index (χ0n) is 11.1. The molecule has 0 saturated heterocycles. The molecule has 2 unspecified atom stereocenters. The van der Waals surface area contributed by atoms with E-state index in [9.17, 15) is 0 Å². The van der Waals surface area contributed by atoms with Crippen molar-refractivity contribution in [2.45, 2.75) is 32.4 Å². The summed E-state index contributed by atoms with van der Waals surface area (Å²) < 4.78 is 5.74. The molecule has 100 valence electrons. The fraction of sp³-hybridized carbons (Fsp3) is 0.727. The number of hydrogen-bond acceptors (Lipinski definition) is 7.